The van der Waals surface area contributed by atoms with Gasteiger partial charge >= 0.3 is 0 Å². The number of ketones is 1. The lowest BCUT2D eigenvalue weighted by atomic mass is 9.62. The van der Waals surface area contributed by atoms with Gasteiger partial charge in [-0.2, -0.15) is 0 Å². The predicted octanol–water partition coefficient (Wildman–Crippen LogP) is 4.32. The number of hydrogen-bond donors (Lipinski definition) is 4. The standard InChI is InChI=1S/C28H34ClFN2O4/c1-27(2,3)14-23-28(20-11-10-18(30)13-21(20)31-26(28)36)24(16-6-4-7-17(29)12-16)25(32-23)22(35)9-5-8-19(34)15-33/h4,6-7,10-13,19,23-25,32-34H,5,8-9,14-15H2,1-3H3,(H,31,36)/t19-,23+,24-,25-,28-/m0/s1. The molecule has 5 atom stereocenters. The third-order valence-electron chi connectivity index (χ3n) is 7.35. The van der Waals surface area contributed by atoms with Crippen molar-refractivity contribution in [3.63, 3.8) is 0 Å². The lowest BCUT2D eigenvalue weighted by molar-refractivity contribution is -0.122. The van der Waals surface area contributed by atoms with Crippen molar-refractivity contribution in [2.24, 2.45) is 5.41 Å². The van der Waals surface area contributed by atoms with E-state index in [1.54, 1.807) is 24.3 Å². The number of aliphatic hydroxyl groups is 2. The van der Waals surface area contributed by atoms with Gasteiger partial charge in [-0.25, -0.2) is 4.39 Å². The molecular weight excluding hydrogens is 483 g/mol. The van der Waals surface area contributed by atoms with E-state index >= 15 is 0 Å². The molecule has 36 heavy (non-hydrogen) atoms. The molecule has 0 aromatic heterocycles. The van der Waals surface area contributed by atoms with Crippen LogP contribution in [0.25, 0.3) is 0 Å². The van der Waals surface area contributed by atoms with Crippen molar-refractivity contribution in [2.45, 2.75) is 76.0 Å². The molecule has 6 nitrogen and oxygen atoms in total. The van der Waals surface area contributed by atoms with Gasteiger partial charge in [-0.15, -0.1) is 0 Å². The molecule has 1 fully saturated rings. The van der Waals surface area contributed by atoms with E-state index in [-0.39, 0.29) is 30.1 Å². The molecule has 2 aliphatic rings. The topological polar surface area (TPSA) is 98.7 Å². The van der Waals surface area contributed by atoms with Gasteiger partial charge in [0.25, 0.3) is 0 Å². The summed E-state index contributed by atoms with van der Waals surface area (Å²) in [6.45, 7) is 5.90. The SMILES string of the molecule is CC(C)(C)C[C@H]1N[C@@H](C(=O)CCC[C@H](O)CO)[C@H](c2cccc(Cl)c2)[C@@]12C(=O)Nc1cc(F)ccc12. The number of aliphatic hydroxyl groups excluding tert-OH is 2. The second kappa shape index (κ2) is 10.2. The highest BCUT2D eigenvalue weighted by Gasteiger charge is 2.65. The Hall–Kier alpha value is -2.32. The zero-order valence-corrected chi connectivity index (χ0v) is 21.6. The number of carbonyl (C=O) groups excluding carboxylic acids is 2. The van der Waals surface area contributed by atoms with Gasteiger partial charge in [0.15, 0.2) is 0 Å². The second-order valence-corrected chi connectivity index (χ2v) is 11.6. The Labute approximate surface area is 216 Å². The molecule has 2 aromatic rings. The van der Waals surface area contributed by atoms with E-state index in [1.807, 2.05) is 6.07 Å². The molecule has 1 amide bonds. The van der Waals surface area contributed by atoms with Crippen molar-refractivity contribution in [3.8, 4) is 0 Å². The van der Waals surface area contributed by atoms with Crippen molar-refractivity contribution in [1.82, 2.24) is 5.32 Å². The van der Waals surface area contributed by atoms with Crippen LogP contribution in [0.3, 0.4) is 0 Å². The van der Waals surface area contributed by atoms with E-state index in [4.69, 9.17) is 16.7 Å². The van der Waals surface area contributed by atoms with Gasteiger partial charge in [-0.1, -0.05) is 50.6 Å². The predicted molar refractivity (Wildman–Crippen MR) is 138 cm³/mol. The average Bonchev–Trinajstić information content (AvgIpc) is 3.27. The first-order chi connectivity index (χ1) is 17.0. The van der Waals surface area contributed by atoms with E-state index in [0.717, 1.165) is 5.56 Å². The van der Waals surface area contributed by atoms with Crippen LogP contribution in [0.15, 0.2) is 42.5 Å². The monoisotopic (exact) mass is 516 g/mol. The molecule has 0 bridgehead atoms. The van der Waals surface area contributed by atoms with E-state index in [0.29, 0.717) is 35.5 Å². The Kier molecular flexibility index (Phi) is 7.58. The molecule has 1 spiro atoms. The number of hydrogen-bond acceptors (Lipinski definition) is 5. The highest BCUT2D eigenvalue weighted by atomic mass is 35.5. The highest BCUT2D eigenvalue weighted by molar-refractivity contribution is 6.30. The Bertz CT molecular complexity index is 1150. The number of rotatable bonds is 8. The molecule has 1 saturated heterocycles. The Balaban J connectivity index is 1.86. The summed E-state index contributed by atoms with van der Waals surface area (Å²) in [6, 6.07) is 10.5. The van der Waals surface area contributed by atoms with Gasteiger partial charge in [-0.3, -0.25) is 9.59 Å². The number of benzene rings is 2. The molecule has 194 valence electrons. The summed E-state index contributed by atoms with van der Waals surface area (Å²) < 4.78 is 14.2. The van der Waals surface area contributed by atoms with Crippen molar-refractivity contribution in [1.29, 1.82) is 0 Å². The van der Waals surface area contributed by atoms with Gasteiger partial charge in [0, 0.05) is 29.1 Å². The number of halogens is 2. The molecule has 8 heteroatoms. The molecule has 2 aliphatic heterocycles. The van der Waals surface area contributed by atoms with Crippen molar-refractivity contribution in [3.05, 3.63) is 64.4 Å². The van der Waals surface area contributed by atoms with Gasteiger partial charge in [0.05, 0.1) is 18.8 Å². The molecule has 2 aromatic carbocycles. The smallest absolute Gasteiger partial charge is 0.237 e. The van der Waals surface area contributed by atoms with E-state index < -0.39 is 35.3 Å². The highest BCUT2D eigenvalue weighted by Crippen LogP contribution is 2.56. The molecule has 2 heterocycles. The number of fused-ring (bicyclic) bond motifs is 2. The molecule has 0 radical (unpaired) electrons. The zero-order valence-electron chi connectivity index (χ0n) is 20.9. The zero-order chi connectivity index (χ0) is 26.3. The fourth-order valence-electron chi connectivity index (χ4n) is 5.93. The van der Waals surface area contributed by atoms with Crippen LogP contribution in [0.2, 0.25) is 5.02 Å². The van der Waals surface area contributed by atoms with Crippen LogP contribution < -0.4 is 10.6 Å². The molecular formula is C28H34ClFN2O4. The van der Waals surface area contributed by atoms with Crippen LogP contribution in [0.5, 0.6) is 0 Å². The maximum absolute atomic E-state index is 14.2. The minimum absolute atomic E-state index is 0.0794. The minimum Gasteiger partial charge on any atom is -0.394 e. The third kappa shape index (κ3) is 4.94. The summed E-state index contributed by atoms with van der Waals surface area (Å²) in [4.78, 5) is 27.6. The van der Waals surface area contributed by atoms with Crippen LogP contribution in [-0.4, -0.2) is 46.7 Å². The van der Waals surface area contributed by atoms with E-state index in [1.165, 1.54) is 12.1 Å². The van der Waals surface area contributed by atoms with Crippen molar-refractivity contribution < 1.29 is 24.2 Å². The van der Waals surface area contributed by atoms with E-state index in [9.17, 15) is 19.1 Å². The molecule has 0 aliphatic carbocycles. The van der Waals surface area contributed by atoms with E-state index in [2.05, 4.69) is 31.4 Å². The second-order valence-electron chi connectivity index (χ2n) is 11.2. The number of anilines is 1. The minimum atomic E-state index is -1.15. The summed E-state index contributed by atoms with van der Waals surface area (Å²) in [5, 5.41) is 25.8. The Morgan fingerprint density at radius 1 is 1.22 bits per heavy atom. The number of Topliss-reactive ketones (excluding diaryl/α,β-unsaturated/α-hetero) is 1. The van der Waals surface area contributed by atoms with Crippen LogP contribution in [-0.2, 0) is 15.0 Å². The molecule has 4 rings (SSSR count). The fraction of sp³-hybridized carbons (Fsp3) is 0.500. The lowest BCUT2D eigenvalue weighted by Gasteiger charge is -2.37. The van der Waals surface area contributed by atoms with Gasteiger partial charge in [-0.05, 0) is 60.1 Å². The largest absolute Gasteiger partial charge is 0.394 e. The Morgan fingerprint density at radius 2 is 1.97 bits per heavy atom. The summed E-state index contributed by atoms with van der Waals surface area (Å²) in [5.41, 5.74) is 0.535. The van der Waals surface area contributed by atoms with Gasteiger partial charge in [0.1, 0.15) is 17.0 Å². The quantitative estimate of drug-likeness (QED) is 0.419. The summed E-state index contributed by atoms with van der Waals surface area (Å²) in [5.74, 6) is -1.37. The fourth-order valence-corrected chi connectivity index (χ4v) is 6.13. The summed E-state index contributed by atoms with van der Waals surface area (Å²) >= 11 is 6.37. The lowest BCUT2D eigenvalue weighted by Crippen LogP contribution is -2.49. The molecule has 0 saturated carbocycles. The maximum atomic E-state index is 14.2. The molecule has 4 N–H and O–H groups in total. The normalized spacial score (nSPS) is 26.2. The Morgan fingerprint density at radius 3 is 2.64 bits per heavy atom. The summed E-state index contributed by atoms with van der Waals surface area (Å²) in [6.07, 6.45) is 0.617. The van der Waals surface area contributed by atoms with Crippen molar-refractivity contribution in [2.75, 3.05) is 11.9 Å². The van der Waals surface area contributed by atoms with Crippen LogP contribution in [0, 0.1) is 11.2 Å². The van der Waals surface area contributed by atoms with Crippen LogP contribution in [0.1, 0.15) is 63.5 Å². The first-order valence-corrected chi connectivity index (χ1v) is 12.8. The van der Waals surface area contributed by atoms with Gasteiger partial charge in [0.2, 0.25) is 5.91 Å². The maximum Gasteiger partial charge on any atom is 0.237 e. The van der Waals surface area contributed by atoms with Crippen LogP contribution >= 0.6 is 11.6 Å². The summed E-state index contributed by atoms with van der Waals surface area (Å²) in [7, 11) is 0. The van der Waals surface area contributed by atoms with Crippen molar-refractivity contribution >= 4 is 29.0 Å². The number of nitrogens with one attached hydrogen (secondary N) is 2. The first-order valence-electron chi connectivity index (χ1n) is 12.4. The third-order valence-corrected chi connectivity index (χ3v) is 7.58. The van der Waals surface area contributed by atoms with Crippen LogP contribution in [0.4, 0.5) is 10.1 Å². The average molecular weight is 517 g/mol. The van der Waals surface area contributed by atoms with Gasteiger partial charge < -0.3 is 20.8 Å². The number of amides is 1. The molecule has 0 unspecified atom stereocenters. The first kappa shape index (κ1) is 26.7. The number of carbonyl (C=O) groups is 2.